The molecule has 1 saturated heterocycles. The van der Waals surface area contributed by atoms with E-state index < -0.39 is 15.4 Å². The highest BCUT2D eigenvalue weighted by Gasteiger charge is 2.32. The highest BCUT2D eigenvalue weighted by atomic mass is 32.2. The van der Waals surface area contributed by atoms with E-state index in [0.717, 1.165) is 38.5 Å². The van der Waals surface area contributed by atoms with E-state index in [-0.39, 0.29) is 11.8 Å². The van der Waals surface area contributed by atoms with Crippen LogP contribution < -0.4 is 5.32 Å². The molecule has 5 heteroatoms. The molecule has 1 unspecified atom stereocenters. The summed E-state index contributed by atoms with van der Waals surface area (Å²) >= 11 is 0. The maximum atomic E-state index is 11.4. The molecule has 1 aliphatic carbocycles. The van der Waals surface area contributed by atoms with Crippen molar-refractivity contribution in [2.45, 2.75) is 50.2 Å². The molecule has 2 aliphatic rings. The van der Waals surface area contributed by atoms with Gasteiger partial charge in [0.2, 0.25) is 0 Å². The molecule has 16 heavy (non-hydrogen) atoms. The Labute approximate surface area is 97.3 Å². The normalized spacial score (nSPS) is 32.7. The van der Waals surface area contributed by atoms with Crippen LogP contribution in [0.25, 0.3) is 0 Å². The Kier molecular flexibility index (Phi) is 3.56. The first kappa shape index (κ1) is 12.3. The lowest BCUT2D eigenvalue weighted by molar-refractivity contribution is 0.0451. The zero-order chi connectivity index (χ0) is 11.6. The summed E-state index contributed by atoms with van der Waals surface area (Å²) < 4.78 is 22.9. The number of aliphatic hydroxyl groups is 1. The van der Waals surface area contributed by atoms with Gasteiger partial charge in [0.1, 0.15) is 0 Å². The van der Waals surface area contributed by atoms with Crippen molar-refractivity contribution in [3.63, 3.8) is 0 Å². The zero-order valence-electron chi connectivity index (χ0n) is 9.61. The largest absolute Gasteiger partial charge is 0.389 e. The molecule has 0 aromatic heterocycles. The van der Waals surface area contributed by atoms with Crippen molar-refractivity contribution < 1.29 is 13.5 Å². The van der Waals surface area contributed by atoms with Gasteiger partial charge in [-0.05, 0) is 25.7 Å². The van der Waals surface area contributed by atoms with Gasteiger partial charge >= 0.3 is 0 Å². The van der Waals surface area contributed by atoms with Crippen molar-refractivity contribution in [1.29, 1.82) is 0 Å². The van der Waals surface area contributed by atoms with Crippen molar-refractivity contribution in [3.05, 3.63) is 0 Å². The van der Waals surface area contributed by atoms with Crippen LogP contribution in [0, 0.1) is 0 Å². The molecule has 0 amide bonds. The van der Waals surface area contributed by atoms with Gasteiger partial charge in [-0.1, -0.05) is 12.8 Å². The van der Waals surface area contributed by atoms with Crippen LogP contribution in [0.2, 0.25) is 0 Å². The smallest absolute Gasteiger partial charge is 0.151 e. The summed E-state index contributed by atoms with van der Waals surface area (Å²) in [6.07, 6.45) is 5.52. The van der Waals surface area contributed by atoms with E-state index in [4.69, 9.17) is 0 Å². The molecule has 0 aromatic rings. The Morgan fingerprint density at radius 3 is 2.56 bits per heavy atom. The van der Waals surface area contributed by atoms with Crippen molar-refractivity contribution >= 4 is 9.84 Å². The number of hydrogen-bond donors (Lipinski definition) is 2. The summed E-state index contributed by atoms with van der Waals surface area (Å²) in [5.74, 6) is 0.568. The predicted molar refractivity (Wildman–Crippen MR) is 63.1 cm³/mol. The highest BCUT2D eigenvalue weighted by molar-refractivity contribution is 7.91. The second-order valence-electron chi connectivity index (χ2n) is 5.27. The number of nitrogens with one attached hydrogen (secondary N) is 1. The first-order valence-corrected chi connectivity index (χ1v) is 7.98. The fourth-order valence-electron chi connectivity index (χ4n) is 2.73. The SMILES string of the molecule is O=S1(=O)CCCC(NCC2(O)CCCC2)C1. The van der Waals surface area contributed by atoms with Gasteiger partial charge in [0.25, 0.3) is 0 Å². The van der Waals surface area contributed by atoms with E-state index >= 15 is 0 Å². The quantitative estimate of drug-likeness (QED) is 0.760. The van der Waals surface area contributed by atoms with Crippen LogP contribution in [0.5, 0.6) is 0 Å². The van der Waals surface area contributed by atoms with Gasteiger partial charge in [-0.3, -0.25) is 0 Å². The summed E-state index contributed by atoms with van der Waals surface area (Å²) in [6, 6.07) is 0.0448. The third-order valence-electron chi connectivity index (χ3n) is 3.72. The van der Waals surface area contributed by atoms with Gasteiger partial charge in [-0.25, -0.2) is 8.42 Å². The Morgan fingerprint density at radius 2 is 1.94 bits per heavy atom. The third-order valence-corrected chi connectivity index (χ3v) is 5.54. The molecule has 1 aliphatic heterocycles. The monoisotopic (exact) mass is 247 g/mol. The van der Waals surface area contributed by atoms with Gasteiger partial charge in [0.05, 0.1) is 17.1 Å². The molecule has 2 rings (SSSR count). The lowest BCUT2D eigenvalue weighted by atomic mass is 10.0. The van der Waals surface area contributed by atoms with E-state index in [1.54, 1.807) is 0 Å². The summed E-state index contributed by atoms with van der Waals surface area (Å²) in [7, 11) is -2.84. The Hall–Kier alpha value is -0.130. The topological polar surface area (TPSA) is 66.4 Å². The van der Waals surface area contributed by atoms with Crippen LogP contribution >= 0.6 is 0 Å². The van der Waals surface area contributed by atoms with Crippen LogP contribution in [0.4, 0.5) is 0 Å². The van der Waals surface area contributed by atoms with Crippen LogP contribution in [0.3, 0.4) is 0 Å². The van der Waals surface area contributed by atoms with Crippen molar-refractivity contribution in [1.82, 2.24) is 5.32 Å². The molecule has 2 N–H and O–H groups in total. The number of hydrogen-bond acceptors (Lipinski definition) is 4. The molecule has 1 heterocycles. The van der Waals surface area contributed by atoms with Gasteiger partial charge in [-0.15, -0.1) is 0 Å². The van der Waals surface area contributed by atoms with Gasteiger partial charge in [0, 0.05) is 12.6 Å². The van der Waals surface area contributed by atoms with Gasteiger partial charge in [-0.2, -0.15) is 0 Å². The maximum absolute atomic E-state index is 11.4. The predicted octanol–water partition coefficient (Wildman–Crippen LogP) is 0.458. The molecule has 4 nitrogen and oxygen atoms in total. The van der Waals surface area contributed by atoms with E-state index in [1.165, 1.54) is 0 Å². The first-order chi connectivity index (χ1) is 7.49. The lowest BCUT2D eigenvalue weighted by Crippen LogP contribution is -2.47. The van der Waals surface area contributed by atoms with Crippen molar-refractivity contribution in [3.8, 4) is 0 Å². The number of sulfone groups is 1. The van der Waals surface area contributed by atoms with Crippen LogP contribution in [-0.2, 0) is 9.84 Å². The van der Waals surface area contributed by atoms with E-state index in [0.29, 0.717) is 12.3 Å². The second kappa shape index (κ2) is 4.63. The molecule has 0 radical (unpaired) electrons. The standard InChI is InChI=1S/C11H21NO3S/c13-11(5-1-2-6-11)9-12-10-4-3-7-16(14,15)8-10/h10,12-13H,1-9H2. The molecule has 0 bridgehead atoms. The second-order valence-corrected chi connectivity index (χ2v) is 7.49. The Bertz CT molecular complexity index is 333. The molecule has 1 saturated carbocycles. The van der Waals surface area contributed by atoms with Crippen LogP contribution in [0.15, 0.2) is 0 Å². The minimum absolute atomic E-state index is 0.0448. The molecule has 1 atom stereocenters. The summed E-state index contributed by atoms with van der Waals surface area (Å²) in [5.41, 5.74) is -0.582. The van der Waals surface area contributed by atoms with Crippen LogP contribution in [0.1, 0.15) is 38.5 Å². The first-order valence-electron chi connectivity index (χ1n) is 6.15. The molecular formula is C11H21NO3S. The summed E-state index contributed by atoms with van der Waals surface area (Å²) in [4.78, 5) is 0. The van der Waals surface area contributed by atoms with Gasteiger partial charge in [0.15, 0.2) is 9.84 Å². The van der Waals surface area contributed by atoms with E-state index in [9.17, 15) is 13.5 Å². The minimum atomic E-state index is -2.84. The average Bonchev–Trinajstić information content (AvgIpc) is 2.62. The van der Waals surface area contributed by atoms with Crippen molar-refractivity contribution in [2.24, 2.45) is 0 Å². The lowest BCUT2D eigenvalue weighted by Gasteiger charge is -2.28. The average molecular weight is 247 g/mol. The number of rotatable bonds is 3. The van der Waals surface area contributed by atoms with Gasteiger partial charge < -0.3 is 10.4 Å². The minimum Gasteiger partial charge on any atom is -0.389 e. The van der Waals surface area contributed by atoms with E-state index in [1.807, 2.05) is 0 Å². The van der Waals surface area contributed by atoms with E-state index in [2.05, 4.69) is 5.32 Å². The molecule has 0 aromatic carbocycles. The van der Waals surface area contributed by atoms with Crippen LogP contribution in [-0.4, -0.2) is 43.2 Å². The maximum Gasteiger partial charge on any atom is 0.151 e. The fourth-order valence-corrected chi connectivity index (χ4v) is 4.40. The van der Waals surface area contributed by atoms with Crippen molar-refractivity contribution in [2.75, 3.05) is 18.1 Å². The molecule has 2 fully saturated rings. The zero-order valence-corrected chi connectivity index (χ0v) is 10.4. The molecule has 0 spiro atoms. The Balaban J connectivity index is 1.81. The Morgan fingerprint density at radius 1 is 1.25 bits per heavy atom. The third kappa shape index (κ3) is 3.18. The molecular weight excluding hydrogens is 226 g/mol. The highest BCUT2D eigenvalue weighted by Crippen LogP contribution is 2.29. The summed E-state index contributed by atoms with van der Waals surface area (Å²) in [5, 5.41) is 13.4. The summed E-state index contributed by atoms with van der Waals surface area (Å²) in [6.45, 7) is 0.549. The molecule has 94 valence electrons. The fraction of sp³-hybridized carbons (Fsp3) is 1.00.